The van der Waals surface area contributed by atoms with Gasteiger partial charge in [0, 0.05) is 12.8 Å². The Kier molecular flexibility index (Phi) is 3.14. The van der Waals surface area contributed by atoms with Gasteiger partial charge in [-0.3, -0.25) is 9.59 Å². The van der Waals surface area contributed by atoms with Crippen LogP contribution in [0.25, 0.3) is 0 Å². The highest BCUT2D eigenvalue weighted by atomic mass is 16.5. The van der Waals surface area contributed by atoms with E-state index in [9.17, 15) is 9.59 Å². The average molecular weight is 273 g/mol. The zero-order valence-electron chi connectivity index (χ0n) is 11.2. The predicted octanol–water partition coefficient (Wildman–Crippen LogP) is 0.986. The molecule has 2 amide bonds. The second kappa shape index (κ2) is 4.96. The zero-order valence-corrected chi connectivity index (χ0v) is 11.2. The summed E-state index contributed by atoms with van der Waals surface area (Å²) in [5.74, 6) is 0.385. The van der Waals surface area contributed by atoms with Crippen molar-refractivity contribution in [3.63, 3.8) is 0 Å². The number of carbonyl (C=O) groups excluding carboxylic acids is 2. The van der Waals surface area contributed by atoms with E-state index in [0.717, 1.165) is 11.3 Å². The minimum Gasteiger partial charge on any atom is -0.490 e. The van der Waals surface area contributed by atoms with Gasteiger partial charge in [0.15, 0.2) is 0 Å². The number of rotatable bonds is 1. The van der Waals surface area contributed by atoms with Gasteiger partial charge in [0.25, 0.3) is 5.91 Å². The van der Waals surface area contributed by atoms with E-state index in [-0.39, 0.29) is 11.8 Å². The van der Waals surface area contributed by atoms with Crippen LogP contribution in [-0.4, -0.2) is 30.7 Å². The number of hydrogen-bond acceptors (Lipinski definition) is 4. The SMILES string of the molecule is Cc1ccc2c(c1)N(C(=O)C1=NNC(=O)CC1)CCO2. The number of ether oxygens (including phenoxy) is 1. The lowest BCUT2D eigenvalue weighted by Crippen LogP contribution is -2.44. The van der Waals surface area contributed by atoms with Gasteiger partial charge in [0.1, 0.15) is 18.1 Å². The van der Waals surface area contributed by atoms with E-state index in [4.69, 9.17) is 4.74 Å². The largest absolute Gasteiger partial charge is 0.490 e. The molecule has 6 heteroatoms. The molecule has 0 fully saturated rings. The van der Waals surface area contributed by atoms with Crippen LogP contribution in [0.2, 0.25) is 0 Å². The van der Waals surface area contributed by atoms with Gasteiger partial charge in [0.2, 0.25) is 5.91 Å². The Hall–Kier alpha value is -2.37. The molecule has 2 heterocycles. The van der Waals surface area contributed by atoms with E-state index in [2.05, 4.69) is 10.5 Å². The van der Waals surface area contributed by atoms with Crippen molar-refractivity contribution in [1.82, 2.24) is 5.43 Å². The summed E-state index contributed by atoms with van der Waals surface area (Å²) in [4.78, 5) is 25.3. The lowest BCUT2D eigenvalue weighted by atomic mass is 10.1. The highest BCUT2D eigenvalue weighted by Crippen LogP contribution is 2.32. The fourth-order valence-corrected chi connectivity index (χ4v) is 2.32. The van der Waals surface area contributed by atoms with Gasteiger partial charge in [-0.15, -0.1) is 0 Å². The van der Waals surface area contributed by atoms with Crippen LogP contribution in [0.1, 0.15) is 18.4 Å². The third-order valence-corrected chi connectivity index (χ3v) is 3.37. The first-order valence-electron chi connectivity index (χ1n) is 6.56. The van der Waals surface area contributed by atoms with Gasteiger partial charge >= 0.3 is 0 Å². The third kappa shape index (κ3) is 2.24. The van der Waals surface area contributed by atoms with Gasteiger partial charge in [-0.1, -0.05) is 6.07 Å². The van der Waals surface area contributed by atoms with E-state index >= 15 is 0 Å². The van der Waals surface area contributed by atoms with Crippen molar-refractivity contribution in [2.45, 2.75) is 19.8 Å². The second-order valence-corrected chi connectivity index (χ2v) is 4.87. The van der Waals surface area contributed by atoms with Crippen molar-refractivity contribution in [1.29, 1.82) is 0 Å². The van der Waals surface area contributed by atoms with E-state index in [0.29, 0.717) is 37.5 Å². The minimum atomic E-state index is -0.167. The summed E-state index contributed by atoms with van der Waals surface area (Å²) in [6.07, 6.45) is 0.679. The van der Waals surface area contributed by atoms with Crippen LogP contribution in [0.4, 0.5) is 5.69 Å². The number of benzene rings is 1. The van der Waals surface area contributed by atoms with Crippen LogP contribution >= 0.6 is 0 Å². The predicted molar refractivity (Wildman–Crippen MR) is 73.8 cm³/mol. The number of amides is 2. The molecular weight excluding hydrogens is 258 g/mol. The third-order valence-electron chi connectivity index (χ3n) is 3.37. The topological polar surface area (TPSA) is 71.0 Å². The molecule has 0 saturated heterocycles. The zero-order chi connectivity index (χ0) is 14.1. The molecule has 0 saturated carbocycles. The van der Waals surface area contributed by atoms with E-state index in [1.54, 1.807) is 4.90 Å². The molecule has 1 aromatic rings. The summed E-state index contributed by atoms with van der Waals surface area (Å²) in [5.41, 5.74) is 4.57. The maximum Gasteiger partial charge on any atom is 0.274 e. The number of nitrogens with zero attached hydrogens (tertiary/aromatic N) is 2. The second-order valence-electron chi connectivity index (χ2n) is 4.87. The summed E-state index contributed by atoms with van der Waals surface area (Å²) in [6, 6.07) is 5.74. The van der Waals surface area contributed by atoms with Gasteiger partial charge in [-0.05, 0) is 24.6 Å². The smallest absolute Gasteiger partial charge is 0.274 e. The molecule has 0 aliphatic carbocycles. The number of nitrogens with one attached hydrogen (secondary N) is 1. The molecule has 6 nitrogen and oxygen atoms in total. The standard InChI is InChI=1S/C14H15N3O3/c1-9-2-4-12-11(8-9)17(6-7-20-12)14(19)10-3-5-13(18)16-15-10/h2,4,8H,3,5-7H2,1H3,(H,16,18). The molecule has 0 radical (unpaired) electrons. The van der Waals surface area contributed by atoms with Crippen molar-refractivity contribution >= 4 is 23.2 Å². The lowest BCUT2D eigenvalue weighted by molar-refractivity contribution is -0.121. The Morgan fingerprint density at radius 3 is 3.00 bits per heavy atom. The maximum atomic E-state index is 12.5. The van der Waals surface area contributed by atoms with Crippen LogP contribution < -0.4 is 15.1 Å². The molecule has 1 N–H and O–H groups in total. The fraction of sp³-hybridized carbons (Fsp3) is 0.357. The van der Waals surface area contributed by atoms with Crippen LogP contribution in [0.3, 0.4) is 0 Å². The van der Waals surface area contributed by atoms with Crippen LogP contribution in [0, 0.1) is 6.92 Å². The van der Waals surface area contributed by atoms with Crippen LogP contribution in [0.5, 0.6) is 5.75 Å². The number of hydrazone groups is 1. The number of anilines is 1. The van der Waals surface area contributed by atoms with Crippen molar-refractivity contribution < 1.29 is 14.3 Å². The Morgan fingerprint density at radius 1 is 1.40 bits per heavy atom. The normalized spacial score (nSPS) is 17.8. The monoisotopic (exact) mass is 273 g/mol. The first-order valence-corrected chi connectivity index (χ1v) is 6.56. The maximum absolute atomic E-state index is 12.5. The van der Waals surface area contributed by atoms with Crippen molar-refractivity contribution in [2.24, 2.45) is 5.10 Å². The Labute approximate surface area is 116 Å². The molecule has 2 aliphatic rings. The van der Waals surface area contributed by atoms with Gasteiger partial charge < -0.3 is 9.64 Å². The molecule has 3 rings (SSSR count). The number of carbonyl (C=O) groups is 2. The van der Waals surface area contributed by atoms with Crippen molar-refractivity contribution in [3.05, 3.63) is 23.8 Å². The number of hydrogen-bond donors (Lipinski definition) is 1. The summed E-state index contributed by atoms with van der Waals surface area (Å²) >= 11 is 0. The Morgan fingerprint density at radius 2 is 2.25 bits per heavy atom. The first-order chi connectivity index (χ1) is 9.65. The minimum absolute atomic E-state index is 0.153. The quantitative estimate of drug-likeness (QED) is 0.829. The highest BCUT2D eigenvalue weighted by molar-refractivity contribution is 6.44. The molecular formula is C14H15N3O3. The molecule has 2 aliphatic heterocycles. The van der Waals surface area contributed by atoms with Crippen LogP contribution in [0.15, 0.2) is 23.3 Å². The van der Waals surface area contributed by atoms with Gasteiger partial charge in [0.05, 0.1) is 12.2 Å². The van der Waals surface area contributed by atoms with Crippen molar-refractivity contribution in [2.75, 3.05) is 18.1 Å². The fourth-order valence-electron chi connectivity index (χ4n) is 2.32. The molecule has 1 aromatic carbocycles. The molecule has 0 atom stereocenters. The summed E-state index contributed by atoms with van der Waals surface area (Å²) in [6.45, 7) is 2.92. The molecule has 0 unspecified atom stereocenters. The van der Waals surface area contributed by atoms with E-state index in [1.165, 1.54) is 0 Å². The average Bonchev–Trinajstić information content (AvgIpc) is 2.46. The highest BCUT2D eigenvalue weighted by Gasteiger charge is 2.28. The Bertz CT molecular complexity index is 610. The molecule has 20 heavy (non-hydrogen) atoms. The van der Waals surface area contributed by atoms with Crippen molar-refractivity contribution in [3.8, 4) is 5.75 Å². The molecule has 0 bridgehead atoms. The van der Waals surface area contributed by atoms with Gasteiger partial charge in [-0.25, -0.2) is 5.43 Å². The van der Waals surface area contributed by atoms with Gasteiger partial charge in [-0.2, -0.15) is 5.10 Å². The molecule has 0 spiro atoms. The first kappa shape index (κ1) is 12.7. The summed E-state index contributed by atoms with van der Waals surface area (Å²) in [7, 11) is 0. The molecule has 0 aromatic heterocycles. The number of fused-ring (bicyclic) bond motifs is 1. The van der Waals surface area contributed by atoms with E-state index < -0.39 is 0 Å². The summed E-state index contributed by atoms with van der Waals surface area (Å²) in [5, 5.41) is 3.87. The van der Waals surface area contributed by atoms with Crippen LogP contribution in [-0.2, 0) is 9.59 Å². The Balaban J connectivity index is 1.90. The lowest BCUT2D eigenvalue weighted by Gasteiger charge is -2.30. The molecule has 104 valence electrons. The number of aryl methyl sites for hydroxylation is 1. The van der Waals surface area contributed by atoms with E-state index in [1.807, 2.05) is 25.1 Å². The summed E-state index contributed by atoms with van der Waals surface area (Å²) < 4.78 is 5.56.